The van der Waals surface area contributed by atoms with Gasteiger partial charge in [-0.3, -0.25) is 19.7 Å². The zero-order chi connectivity index (χ0) is 19.1. The van der Waals surface area contributed by atoms with Gasteiger partial charge in [0.15, 0.2) is 0 Å². The molecule has 2 aromatic rings. The molecule has 2 rings (SSSR count). The summed E-state index contributed by atoms with van der Waals surface area (Å²) >= 11 is 0. The molecule has 0 aromatic heterocycles. The maximum Gasteiger partial charge on any atom is 0.269 e. The average Bonchev–Trinajstić information content (AvgIpc) is 2.61. The Bertz CT molecular complexity index is 805. The highest BCUT2D eigenvalue weighted by Gasteiger charge is 2.19. The molecule has 2 aromatic carbocycles. The van der Waals surface area contributed by atoms with Crippen molar-refractivity contribution in [2.24, 2.45) is 5.73 Å². The summed E-state index contributed by atoms with van der Waals surface area (Å²) in [4.78, 5) is 34.1. The Morgan fingerprint density at radius 2 is 1.88 bits per heavy atom. The van der Waals surface area contributed by atoms with E-state index in [9.17, 15) is 19.7 Å². The number of carbonyl (C=O) groups excluding carboxylic acids is 2. The molecule has 0 unspecified atom stereocenters. The number of hydrogen-bond acceptors (Lipinski definition) is 5. The second kappa shape index (κ2) is 8.61. The fraction of sp³-hybridized carbons (Fsp3) is 0.222. The van der Waals surface area contributed by atoms with Gasteiger partial charge in [0.2, 0.25) is 11.8 Å². The summed E-state index contributed by atoms with van der Waals surface area (Å²) in [7, 11) is 1.55. The predicted octanol–water partition coefficient (Wildman–Crippen LogP) is 1.36. The van der Waals surface area contributed by atoms with Gasteiger partial charge in [-0.05, 0) is 23.3 Å². The lowest BCUT2D eigenvalue weighted by Gasteiger charge is -2.16. The number of hydrogen-bond donors (Lipinski definition) is 2. The van der Waals surface area contributed by atoms with Gasteiger partial charge < -0.3 is 15.8 Å². The monoisotopic (exact) mass is 357 g/mol. The minimum absolute atomic E-state index is 0.0892. The third-order valence-electron chi connectivity index (χ3n) is 3.76. The zero-order valence-corrected chi connectivity index (χ0v) is 14.2. The summed E-state index contributed by atoms with van der Waals surface area (Å²) in [5.74, 6) is -0.421. The summed E-state index contributed by atoms with van der Waals surface area (Å²) in [6.45, 7) is 0. The highest BCUT2D eigenvalue weighted by Crippen LogP contribution is 2.14. The van der Waals surface area contributed by atoms with Crippen molar-refractivity contribution in [2.75, 3.05) is 7.11 Å². The van der Waals surface area contributed by atoms with Crippen LogP contribution in [-0.2, 0) is 22.4 Å². The van der Waals surface area contributed by atoms with Crippen molar-refractivity contribution in [3.63, 3.8) is 0 Å². The van der Waals surface area contributed by atoms with Crippen LogP contribution in [0.3, 0.4) is 0 Å². The molecule has 0 spiro atoms. The number of nitrogens with zero attached hydrogens (tertiary/aromatic N) is 1. The quantitative estimate of drug-likeness (QED) is 0.545. The SMILES string of the molecule is COc1ccc(C[C@H](NC(=O)Cc2cccc([N+](=O)[O-])c2)C(N)=O)cc1. The molecule has 136 valence electrons. The topological polar surface area (TPSA) is 125 Å². The van der Waals surface area contributed by atoms with Crippen molar-refractivity contribution in [3.05, 3.63) is 69.8 Å². The molecule has 0 aliphatic heterocycles. The van der Waals surface area contributed by atoms with E-state index in [-0.39, 0.29) is 18.5 Å². The number of non-ortho nitro benzene ring substituents is 1. The van der Waals surface area contributed by atoms with E-state index >= 15 is 0 Å². The third-order valence-corrected chi connectivity index (χ3v) is 3.76. The molecule has 0 fully saturated rings. The Balaban J connectivity index is 2.02. The van der Waals surface area contributed by atoms with E-state index < -0.39 is 22.8 Å². The summed E-state index contributed by atoms with van der Waals surface area (Å²) in [6.07, 6.45) is 0.147. The molecule has 0 aliphatic rings. The van der Waals surface area contributed by atoms with Gasteiger partial charge in [0.05, 0.1) is 18.5 Å². The molecule has 0 radical (unpaired) electrons. The first-order valence-electron chi connectivity index (χ1n) is 7.84. The van der Waals surface area contributed by atoms with E-state index in [1.165, 1.54) is 18.2 Å². The molecule has 8 nitrogen and oxygen atoms in total. The lowest BCUT2D eigenvalue weighted by Crippen LogP contribution is -2.46. The third kappa shape index (κ3) is 5.30. The van der Waals surface area contributed by atoms with E-state index in [0.717, 1.165) is 5.56 Å². The van der Waals surface area contributed by atoms with Gasteiger partial charge in [-0.25, -0.2) is 0 Å². The van der Waals surface area contributed by atoms with Gasteiger partial charge in [0.1, 0.15) is 11.8 Å². The van der Waals surface area contributed by atoms with Gasteiger partial charge in [0, 0.05) is 18.6 Å². The number of nitrogens with two attached hydrogens (primary N) is 1. The molecule has 0 aliphatic carbocycles. The van der Waals surface area contributed by atoms with Crippen LogP contribution >= 0.6 is 0 Å². The number of benzene rings is 2. The lowest BCUT2D eigenvalue weighted by molar-refractivity contribution is -0.384. The maximum absolute atomic E-state index is 12.2. The molecule has 1 atom stereocenters. The molecular weight excluding hydrogens is 338 g/mol. The van der Waals surface area contributed by atoms with Crippen molar-refractivity contribution in [1.82, 2.24) is 5.32 Å². The van der Waals surface area contributed by atoms with Crippen LogP contribution in [0.15, 0.2) is 48.5 Å². The average molecular weight is 357 g/mol. The summed E-state index contributed by atoms with van der Waals surface area (Å²) < 4.78 is 5.07. The van der Waals surface area contributed by atoms with Crippen molar-refractivity contribution in [1.29, 1.82) is 0 Å². The summed E-state index contributed by atoms with van der Waals surface area (Å²) in [5.41, 5.74) is 6.57. The van der Waals surface area contributed by atoms with Crippen LogP contribution < -0.4 is 15.8 Å². The minimum Gasteiger partial charge on any atom is -0.497 e. The number of rotatable bonds is 8. The number of nitro benzene ring substituents is 1. The van der Waals surface area contributed by atoms with Crippen LogP contribution in [0.5, 0.6) is 5.75 Å². The summed E-state index contributed by atoms with van der Waals surface area (Å²) in [6, 6.07) is 12.0. The van der Waals surface area contributed by atoms with Gasteiger partial charge in [-0.15, -0.1) is 0 Å². The molecule has 26 heavy (non-hydrogen) atoms. The van der Waals surface area contributed by atoms with E-state index in [2.05, 4.69) is 5.32 Å². The van der Waals surface area contributed by atoms with Crippen molar-refractivity contribution in [3.8, 4) is 5.75 Å². The standard InChI is InChI=1S/C18H19N3O5/c1-26-15-7-5-12(6-8-15)10-16(18(19)23)20-17(22)11-13-3-2-4-14(9-13)21(24)25/h2-9,16H,10-11H2,1H3,(H2,19,23)(H,20,22)/t16-/m0/s1. The Labute approximate surface area is 150 Å². The van der Waals surface area contributed by atoms with Crippen molar-refractivity contribution < 1.29 is 19.2 Å². The Morgan fingerprint density at radius 3 is 2.46 bits per heavy atom. The van der Waals surface area contributed by atoms with E-state index in [4.69, 9.17) is 10.5 Å². The maximum atomic E-state index is 12.2. The van der Waals surface area contributed by atoms with Gasteiger partial charge in [0.25, 0.3) is 5.69 Å². The van der Waals surface area contributed by atoms with Crippen molar-refractivity contribution in [2.45, 2.75) is 18.9 Å². The number of amides is 2. The van der Waals surface area contributed by atoms with Crippen LogP contribution in [0.2, 0.25) is 0 Å². The molecule has 2 amide bonds. The molecule has 0 saturated heterocycles. The number of carbonyl (C=O) groups is 2. The Hall–Kier alpha value is -3.42. The normalized spacial score (nSPS) is 11.4. The Morgan fingerprint density at radius 1 is 1.19 bits per heavy atom. The molecule has 8 heteroatoms. The fourth-order valence-electron chi connectivity index (χ4n) is 2.43. The second-order valence-electron chi connectivity index (χ2n) is 5.68. The summed E-state index contributed by atoms with van der Waals surface area (Å²) in [5, 5.41) is 13.4. The number of nitrogens with one attached hydrogen (secondary N) is 1. The lowest BCUT2D eigenvalue weighted by atomic mass is 10.0. The molecule has 0 heterocycles. The first kappa shape index (κ1) is 18.9. The van der Waals surface area contributed by atoms with Crippen LogP contribution in [0.25, 0.3) is 0 Å². The predicted molar refractivity (Wildman–Crippen MR) is 94.6 cm³/mol. The second-order valence-corrected chi connectivity index (χ2v) is 5.68. The minimum atomic E-state index is -0.880. The van der Waals surface area contributed by atoms with Crippen molar-refractivity contribution >= 4 is 17.5 Å². The number of methoxy groups -OCH3 is 1. The van der Waals surface area contributed by atoms with Crippen LogP contribution in [0, 0.1) is 10.1 Å². The van der Waals surface area contributed by atoms with Crippen LogP contribution in [0.1, 0.15) is 11.1 Å². The van der Waals surface area contributed by atoms with E-state index in [1.807, 2.05) is 0 Å². The molecule has 3 N–H and O–H groups in total. The van der Waals surface area contributed by atoms with Crippen LogP contribution in [-0.4, -0.2) is 29.9 Å². The van der Waals surface area contributed by atoms with Gasteiger partial charge >= 0.3 is 0 Å². The Kier molecular flexibility index (Phi) is 6.26. The smallest absolute Gasteiger partial charge is 0.269 e. The van der Waals surface area contributed by atoms with Gasteiger partial charge in [-0.2, -0.15) is 0 Å². The molecule has 0 saturated carbocycles. The number of primary amides is 1. The molecule has 0 bridgehead atoms. The van der Waals surface area contributed by atoms with E-state index in [0.29, 0.717) is 11.3 Å². The highest BCUT2D eigenvalue weighted by atomic mass is 16.6. The first-order chi connectivity index (χ1) is 12.4. The van der Waals surface area contributed by atoms with Crippen LogP contribution in [0.4, 0.5) is 5.69 Å². The largest absolute Gasteiger partial charge is 0.497 e. The zero-order valence-electron chi connectivity index (χ0n) is 14.2. The first-order valence-corrected chi connectivity index (χ1v) is 7.84. The fourth-order valence-corrected chi connectivity index (χ4v) is 2.43. The molecular formula is C18H19N3O5. The highest BCUT2D eigenvalue weighted by molar-refractivity contribution is 5.87. The number of nitro groups is 1. The number of ether oxygens (including phenoxy) is 1. The van der Waals surface area contributed by atoms with Gasteiger partial charge in [-0.1, -0.05) is 24.3 Å². The van der Waals surface area contributed by atoms with E-state index in [1.54, 1.807) is 37.4 Å².